The molecule has 0 atom stereocenters. The van der Waals surface area contributed by atoms with E-state index in [1.165, 1.54) is 30.6 Å². The number of carbonyl (C=O) groups is 1. The number of nitrogens with zero attached hydrogens (tertiary/aromatic N) is 5. The van der Waals surface area contributed by atoms with Gasteiger partial charge >= 0.3 is 6.18 Å². The van der Waals surface area contributed by atoms with Crippen LogP contribution >= 0.6 is 11.6 Å². The van der Waals surface area contributed by atoms with E-state index in [1.54, 1.807) is 6.20 Å². The number of morpholine rings is 1. The van der Waals surface area contributed by atoms with Crippen molar-refractivity contribution in [1.29, 1.82) is 0 Å². The molecular formula is C28H28ClF3N8O3. The van der Waals surface area contributed by atoms with Gasteiger partial charge in [-0.1, -0.05) is 11.6 Å². The number of anilines is 4. The summed E-state index contributed by atoms with van der Waals surface area (Å²) in [6.07, 6.45) is -0.840. The van der Waals surface area contributed by atoms with Gasteiger partial charge in [0.1, 0.15) is 23.1 Å². The Morgan fingerprint density at radius 1 is 1.12 bits per heavy atom. The number of nitrogens with one attached hydrogen (secondary N) is 3. The predicted molar refractivity (Wildman–Crippen MR) is 156 cm³/mol. The van der Waals surface area contributed by atoms with Crippen LogP contribution in [0.1, 0.15) is 22.3 Å². The Kier molecular flexibility index (Phi) is 9.38. The van der Waals surface area contributed by atoms with E-state index >= 15 is 0 Å². The van der Waals surface area contributed by atoms with Crippen LogP contribution in [0.5, 0.6) is 5.75 Å². The van der Waals surface area contributed by atoms with Crippen molar-refractivity contribution in [2.24, 2.45) is 0 Å². The fourth-order valence-corrected chi connectivity index (χ4v) is 4.62. The van der Waals surface area contributed by atoms with E-state index in [1.807, 2.05) is 0 Å². The van der Waals surface area contributed by atoms with Gasteiger partial charge in [0.25, 0.3) is 5.91 Å². The van der Waals surface area contributed by atoms with Crippen LogP contribution in [-0.4, -0.2) is 77.2 Å². The first-order chi connectivity index (χ1) is 20.7. The normalized spacial score (nSPS) is 14.0. The first kappa shape index (κ1) is 30.2. The van der Waals surface area contributed by atoms with Gasteiger partial charge in [0, 0.05) is 30.9 Å². The highest BCUT2D eigenvalue weighted by Gasteiger charge is 2.34. The Hall–Kier alpha value is -4.27. The van der Waals surface area contributed by atoms with Crippen LogP contribution in [0.15, 0.2) is 48.9 Å². The van der Waals surface area contributed by atoms with Crippen molar-refractivity contribution in [3.8, 4) is 5.75 Å². The Morgan fingerprint density at radius 2 is 1.93 bits per heavy atom. The van der Waals surface area contributed by atoms with Crippen molar-refractivity contribution >= 4 is 51.7 Å². The molecule has 5 rings (SSSR count). The maximum absolute atomic E-state index is 13.4. The van der Waals surface area contributed by atoms with E-state index in [9.17, 15) is 18.0 Å². The van der Waals surface area contributed by atoms with E-state index in [2.05, 4.69) is 40.8 Å². The highest BCUT2D eigenvalue weighted by atomic mass is 35.5. The van der Waals surface area contributed by atoms with E-state index in [4.69, 9.17) is 21.1 Å². The van der Waals surface area contributed by atoms with Gasteiger partial charge in [-0.05, 0) is 49.4 Å². The molecule has 226 valence electrons. The second-order valence-electron chi connectivity index (χ2n) is 9.57. The lowest BCUT2D eigenvalue weighted by Gasteiger charge is -2.26. The number of fused-ring (bicyclic) bond motifs is 1. The van der Waals surface area contributed by atoms with Gasteiger partial charge in [-0.2, -0.15) is 13.2 Å². The number of rotatable bonds is 10. The summed E-state index contributed by atoms with van der Waals surface area (Å²) in [5, 5.41) is 9.08. The van der Waals surface area contributed by atoms with Crippen LogP contribution < -0.4 is 20.7 Å². The molecule has 0 unspecified atom stereocenters. The molecule has 1 amide bonds. The van der Waals surface area contributed by atoms with Crippen LogP contribution in [0.25, 0.3) is 11.0 Å². The number of hydrogen-bond acceptors (Lipinski definition) is 10. The summed E-state index contributed by atoms with van der Waals surface area (Å²) >= 11 is 6.41. The van der Waals surface area contributed by atoms with Gasteiger partial charge in [0.15, 0.2) is 5.82 Å². The molecule has 1 fully saturated rings. The minimum Gasteiger partial charge on any atom is -0.496 e. The Labute approximate surface area is 249 Å². The van der Waals surface area contributed by atoms with Crippen LogP contribution in [0, 0.1) is 0 Å². The predicted octanol–water partition coefficient (Wildman–Crippen LogP) is 5.23. The summed E-state index contributed by atoms with van der Waals surface area (Å²) in [6, 6.07) is 7.69. The van der Waals surface area contributed by atoms with E-state index in [0.29, 0.717) is 35.0 Å². The fourth-order valence-electron chi connectivity index (χ4n) is 4.46. The fraction of sp³-hybridized carbons (Fsp3) is 0.321. The van der Waals surface area contributed by atoms with Crippen LogP contribution in [0.2, 0.25) is 5.02 Å². The first-order valence-corrected chi connectivity index (χ1v) is 13.7. The number of alkyl halides is 3. The molecule has 1 aliphatic rings. The number of ether oxygens (including phenoxy) is 2. The summed E-state index contributed by atoms with van der Waals surface area (Å²) < 4.78 is 50.4. The van der Waals surface area contributed by atoms with Crippen LogP contribution in [0.3, 0.4) is 0 Å². The topological polar surface area (TPSA) is 126 Å². The number of carbonyl (C=O) groups excluding carboxylic acids is 1. The van der Waals surface area contributed by atoms with E-state index in [0.717, 1.165) is 58.5 Å². The summed E-state index contributed by atoms with van der Waals surface area (Å²) in [6.45, 7) is 4.95. The number of benzene rings is 2. The highest BCUT2D eigenvalue weighted by molar-refractivity contribution is 6.33. The maximum Gasteiger partial charge on any atom is 0.420 e. The molecule has 1 saturated heterocycles. The largest absolute Gasteiger partial charge is 0.496 e. The van der Waals surface area contributed by atoms with Crippen molar-refractivity contribution in [3.63, 3.8) is 0 Å². The van der Waals surface area contributed by atoms with Gasteiger partial charge in [-0.3, -0.25) is 9.69 Å². The molecule has 3 N–H and O–H groups in total. The monoisotopic (exact) mass is 616 g/mol. The molecule has 0 bridgehead atoms. The number of halogens is 4. The van der Waals surface area contributed by atoms with Crippen molar-refractivity contribution in [2.45, 2.75) is 12.6 Å². The molecule has 11 nitrogen and oxygen atoms in total. The lowest BCUT2D eigenvalue weighted by atomic mass is 10.1. The quantitative estimate of drug-likeness (QED) is 0.204. The molecular weight excluding hydrogens is 589 g/mol. The third-order valence-corrected chi connectivity index (χ3v) is 6.99. The van der Waals surface area contributed by atoms with Gasteiger partial charge in [-0.15, -0.1) is 0 Å². The molecule has 0 spiro atoms. The summed E-state index contributed by atoms with van der Waals surface area (Å²) in [4.78, 5) is 32.7. The Bertz CT molecular complexity index is 1600. The molecule has 15 heteroatoms. The van der Waals surface area contributed by atoms with E-state index < -0.39 is 17.6 Å². The minimum absolute atomic E-state index is 0.0500. The molecule has 4 aromatic rings. The third-order valence-electron chi connectivity index (χ3n) is 6.66. The summed E-state index contributed by atoms with van der Waals surface area (Å²) in [7, 11) is 1.14. The number of amides is 1. The molecule has 1 aliphatic heterocycles. The SMILES string of the molecule is COc1ccc(NC(=O)c2ccc(Cl)c(Nc3ncnc4cnc(NCCCN5CCOCC5)nc34)c2)cc1C(F)(F)F. The van der Waals surface area contributed by atoms with Crippen molar-refractivity contribution in [3.05, 3.63) is 65.1 Å². The second-order valence-corrected chi connectivity index (χ2v) is 9.98. The zero-order valence-corrected chi connectivity index (χ0v) is 23.8. The van der Waals surface area contributed by atoms with Crippen LogP contribution in [-0.2, 0) is 10.9 Å². The van der Waals surface area contributed by atoms with Gasteiger partial charge in [0.05, 0.1) is 42.8 Å². The molecule has 3 heterocycles. The zero-order valence-electron chi connectivity index (χ0n) is 23.0. The molecule has 43 heavy (non-hydrogen) atoms. The number of aromatic nitrogens is 4. The Morgan fingerprint density at radius 3 is 2.70 bits per heavy atom. The number of methoxy groups -OCH3 is 1. The average molecular weight is 617 g/mol. The standard InChI is InChI=1S/C28H28ClF3N8O3/c1-42-23-6-4-18(14-19(23)28(30,31)32)37-26(41)17-3-5-20(29)21(13-17)38-25-24-22(35-16-36-25)15-34-27(39-24)33-7-2-8-40-9-11-43-12-10-40/h3-6,13-16H,2,7-12H2,1H3,(H,37,41)(H,33,34,39)(H,35,36,38). The maximum atomic E-state index is 13.4. The summed E-state index contributed by atoms with van der Waals surface area (Å²) in [5.41, 5.74) is 0.338. The average Bonchev–Trinajstić information content (AvgIpc) is 3.00. The molecule has 2 aromatic heterocycles. The Balaban J connectivity index is 1.30. The van der Waals surface area contributed by atoms with Gasteiger partial charge in [-0.25, -0.2) is 19.9 Å². The molecule has 0 saturated carbocycles. The molecule has 2 aromatic carbocycles. The van der Waals surface area contributed by atoms with Crippen molar-refractivity contribution < 1.29 is 27.4 Å². The zero-order chi connectivity index (χ0) is 30.4. The lowest BCUT2D eigenvalue weighted by Crippen LogP contribution is -2.37. The van der Waals surface area contributed by atoms with Gasteiger partial charge < -0.3 is 25.4 Å². The highest BCUT2D eigenvalue weighted by Crippen LogP contribution is 2.38. The number of hydrogen-bond donors (Lipinski definition) is 3. The van der Waals surface area contributed by atoms with Crippen molar-refractivity contribution in [2.75, 3.05) is 62.5 Å². The van der Waals surface area contributed by atoms with E-state index in [-0.39, 0.29) is 22.0 Å². The van der Waals surface area contributed by atoms with Crippen molar-refractivity contribution in [1.82, 2.24) is 24.8 Å². The first-order valence-electron chi connectivity index (χ1n) is 13.4. The van der Waals surface area contributed by atoms with Gasteiger partial charge in [0.2, 0.25) is 5.95 Å². The van der Waals surface area contributed by atoms with Crippen LogP contribution in [0.4, 0.5) is 36.3 Å². The molecule has 0 radical (unpaired) electrons. The second kappa shape index (κ2) is 13.4. The summed E-state index contributed by atoms with van der Waals surface area (Å²) in [5.74, 6) is -0.260. The lowest BCUT2D eigenvalue weighted by molar-refractivity contribution is -0.138. The minimum atomic E-state index is -4.66. The smallest absolute Gasteiger partial charge is 0.420 e. The third kappa shape index (κ3) is 7.58. The molecule has 0 aliphatic carbocycles.